The Balaban J connectivity index is 1.38. The zero-order valence-corrected chi connectivity index (χ0v) is 14.9. The van der Waals surface area contributed by atoms with Crippen molar-refractivity contribution in [3.05, 3.63) is 29.8 Å². The maximum atomic E-state index is 10.8. The lowest BCUT2D eigenvalue weighted by Gasteiger charge is -2.39. The Kier molecular flexibility index (Phi) is 5.73. The lowest BCUT2D eigenvalue weighted by Crippen LogP contribution is -2.56. The second-order valence-corrected chi connectivity index (χ2v) is 6.89. The minimum absolute atomic E-state index is 0.290. The van der Waals surface area contributed by atoms with Crippen molar-refractivity contribution >= 4 is 0 Å². The molecule has 3 aliphatic heterocycles. The third-order valence-corrected chi connectivity index (χ3v) is 5.09. The Morgan fingerprint density at radius 1 is 1.12 bits per heavy atom. The molecule has 0 aliphatic carbocycles. The van der Waals surface area contributed by atoms with Crippen LogP contribution in [-0.2, 0) is 30.3 Å². The van der Waals surface area contributed by atoms with Crippen molar-refractivity contribution in [1.29, 1.82) is 0 Å². The number of aliphatic hydroxyl groups excluding tert-OH is 1. The molecular weight excluding hydrogens is 340 g/mol. The fraction of sp³-hybridized carbons (Fsp3) is 0.684. The Labute approximate surface area is 153 Å². The maximum Gasteiger partial charge on any atom is 0.187 e. The van der Waals surface area contributed by atoms with Crippen LogP contribution in [0.15, 0.2) is 24.3 Å². The molecule has 0 radical (unpaired) electrons. The van der Waals surface area contributed by atoms with Crippen LogP contribution in [0.25, 0.3) is 0 Å². The lowest BCUT2D eigenvalue weighted by atomic mass is 10.0. The van der Waals surface area contributed by atoms with Crippen LogP contribution in [0.2, 0.25) is 0 Å². The molecule has 1 aromatic rings. The molecule has 1 N–H and O–H groups in total. The fourth-order valence-electron chi connectivity index (χ4n) is 3.61. The van der Waals surface area contributed by atoms with Crippen molar-refractivity contribution < 1.29 is 33.5 Å². The molecule has 7 heteroatoms. The summed E-state index contributed by atoms with van der Waals surface area (Å²) in [6.07, 6.45) is -0.167. The Hall–Kier alpha value is -1.22. The summed E-state index contributed by atoms with van der Waals surface area (Å²) in [4.78, 5) is 0. The van der Waals surface area contributed by atoms with Gasteiger partial charge in [0, 0.05) is 6.61 Å². The van der Waals surface area contributed by atoms with Crippen LogP contribution in [0.1, 0.15) is 24.8 Å². The Bertz CT molecular complexity index is 572. The van der Waals surface area contributed by atoms with Crippen molar-refractivity contribution in [2.45, 2.75) is 62.9 Å². The van der Waals surface area contributed by atoms with E-state index in [-0.39, 0.29) is 12.4 Å². The summed E-state index contributed by atoms with van der Waals surface area (Å²) in [5, 5.41) is 10.8. The van der Waals surface area contributed by atoms with Gasteiger partial charge in [-0.1, -0.05) is 12.1 Å². The van der Waals surface area contributed by atoms with E-state index >= 15 is 0 Å². The fourth-order valence-corrected chi connectivity index (χ4v) is 3.61. The summed E-state index contributed by atoms with van der Waals surface area (Å²) in [6, 6.07) is 7.61. The molecule has 0 aromatic heterocycles. The van der Waals surface area contributed by atoms with Crippen molar-refractivity contribution in [3.63, 3.8) is 0 Å². The molecule has 3 aliphatic rings. The van der Waals surface area contributed by atoms with E-state index in [2.05, 4.69) is 0 Å². The van der Waals surface area contributed by atoms with E-state index in [0.717, 1.165) is 30.6 Å². The minimum atomic E-state index is -0.829. The number of benzene rings is 1. The van der Waals surface area contributed by atoms with Gasteiger partial charge in [0.15, 0.2) is 12.6 Å². The summed E-state index contributed by atoms with van der Waals surface area (Å²) < 4.78 is 34.3. The number of hydrogen-bond acceptors (Lipinski definition) is 7. The van der Waals surface area contributed by atoms with Crippen LogP contribution in [0.5, 0.6) is 5.75 Å². The predicted octanol–water partition coefficient (Wildman–Crippen LogP) is 1.61. The van der Waals surface area contributed by atoms with E-state index in [0.29, 0.717) is 19.8 Å². The number of aliphatic hydroxyl groups is 1. The lowest BCUT2D eigenvalue weighted by molar-refractivity contribution is -0.288. The molecule has 4 rings (SSSR count). The Morgan fingerprint density at radius 2 is 1.96 bits per heavy atom. The Morgan fingerprint density at radius 3 is 2.69 bits per heavy atom. The van der Waals surface area contributed by atoms with Gasteiger partial charge in [-0.25, -0.2) is 0 Å². The first-order valence-corrected chi connectivity index (χ1v) is 9.21. The summed E-state index contributed by atoms with van der Waals surface area (Å²) in [5.41, 5.74) is 0.978. The van der Waals surface area contributed by atoms with Gasteiger partial charge in [-0.3, -0.25) is 0 Å². The number of ether oxygens (including phenoxy) is 6. The average molecular weight is 366 g/mol. The molecule has 0 amide bonds. The molecule has 0 saturated carbocycles. The van der Waals surface area contributed by atoms with Gasteiger partial charge in [0.2, 0.25) is 0 Å². The maximum absolute atomic E-state index is 10.8. The van der Waals surface area contributed by atoms with Gasteiger partial charge in [-0.2, -0.15) is 0 Å². The summed E-state index contributed by atoms with van der Waals surface area (Å²) in [6.45, 7) is 1.42. The smallest absolute Gasteiger partial charge is 0.187 e. The van der Waals surface area contributed by atoms with Crippen LogP contribution in [0.4, 0.5) is 0 Å². The van der Waals surface area contributed by atoms with E-state index < -0.39 is 24.6 Å². The van der Waals surface area contributed by atoms with Crippen LogP contribution in [0, 0.1) is 0 Å². The number of rotatable bonds is 6. The van der Waals surface area contributed by atoms with Crippen molar-refractivity contribution in [2.24, 2.45) is 0 Å². The van der Waals surface area contributed by atoms with Gasteiger partial charge >= 0.3 is 0 Å². The molecule has 0 spiro atoms. The zero-order chi connectivity index (χ0) is 17.9. The highest BCUT2D eigenvalue weighted by molar-refractivity contribution is 5.26. The van der Waals surface area contributed by atoms with E-state index in [1.807, 2.05) is 24.3 Å². The van der Waals surface area contributed by atoms with Gasteiger partial charge in [0.25, 0.3) is 0 Å². The number of methoxy groups -OCH3 is 1. The first kappa shape index (κ1) is 18.2. The quantitative estimate of drug-likeness (QED) is 0.820. The molecule has 7 nitrogen and oxygen atoms in total. The standard InChI is InChI=1S/C19H26O7/c1-21-13-7-5-12(6-8-13)10-23-18-16(20)17(14-11-24-19(18)25-14)26-15-4-2-3-9-22-15/h5-8,14-20H,2-4,9-11H2,1H3. The normalized spacial score (nSPS) is 36.8. The van der Waals surface area contributed by atoms with E-state index in [9.17, 15) is 5.11 Å². The summed E-state index contributed by atoms with van der Waals surface area (Å²) in [7, 11) is 1.63. The highest BCUT2D eigenvalue weighted by Crippen LogP contribution is 2.34. The van der Waals surface area contributed by atoms with Gasteiger partial charge < -0.3 is 33.5 Å². The monoisotopic (exact) mass is 366 g/mol. The topological polar surface area (TPSA) is 75.6 Å². The van der Waals surface area contributed by atoms with E-state index in [1.165, 1.54) is 0 Å². The van der Waals surface area contributed by atoms with Crippen LogP contribution in [0.3, 0.4) is 0 Å². The SMILES string of the molecule is COc1ccc(COC2C3OCC(O3)C(OC3CCCCO3)C2O)cc1. The molecule has 3 saturated heterocycles. The van der Waals surface area contributed by atoms with Gasteiger partial charge in [0.05, 0.1) is 20.3 Å². The molecule has 6 unspecified atom stereocenters. The van der Waals surface area contributed by atoms with Gasteiger partial charge in [0.1, 0.15) is 30.2 Å². The molecule has 144 valence electrons. The molecule has 2 bridgehead atoms. The second-order valence-electron chi connectivity index (χ2n) is 6.89. The van der Waals surface area contributed by atoms with Gasteiger partial charge in [-0.15, -0.1) is 0 Å². The number of fused-ring (bicyclic) bond motifs is 2. The van der Waals surface area contributed by atoms with Crippen LogP contribution >= 0.6 is 0 Å². The highest BCUT2D eigenvalue weighted by Gasteiger charge is 2.52. The first-order chi connectivity index (χ1) is 12.7. The van der Waals surface area contributed by atoms with Crippen molar-refractivity contribution in [2.75, 3.05) is 20.3 Å². The molecule has 26 heavy (non-hydrogen) atoms. The van der Waals surface area contributed by atoms with E-state index in [1.54, 1.807) is 7.11 Å². The molecule has 6 atom stereocenters. The molecular formula is C19H26O7. The third-order valence-electron chi connectivity index (χ3n) is 5.09. The van der Waals surface area contributed by atoms with E-state index in [4.69, 9.17) is 28.4 Å². The first-order valence-electron chi connectivity index (χ1n) is 9.21. The predicted molar refractivity (Wildman–Crippen MR) is 90.7 cm³/mol. The molecule has 3 fully saturated rings. The van der Waals surface area contributed by atoms with Crippen molar-refractivity contribution in [3.8, 4) is 5.75 Å². The third kappa shape index (κ3) is 3.88. The highest BCUT2D eigenvalue weighted by atomic mass is 16.8. The minimum Gasteiger partial charge on any atom is -0.497 e. The van der Waals surface area contributed by atoms with Gasteiger partial charge in [-0.05, 0) is 37.0 Å². The second kappa shape index (κ2) is 8.21. The summed E-state index contributed by atoms with van der Waals surface area (Å²) in [5.74, 6) is 0.790. The molecule has 3 heterocycles. The molecule has 1 aromatic carbocycles. The van der Waals surface area contributed by atoms with Crippen molar-refractivity contribution in [1.82, 2.24) is 0 Å². The van der Waals surface area contributed by atoms with Crippen LogP contribution < -0.4 is 4.74 Å². The largest absolute Gasteiger partial charge is 0.497 e. The zero-order valence-electron chi connectivity index (χ0n) is 14.9. The van der Waals surface area contributed by atoms with Crippen LogP contribution in [-0.4, -0.2) is 62.4 Å². The average Bonchev–Trinajstić information content (AvgIpc) is 3.12. The summed E-state index contributed by atoms with van der Waals surface area (Å²) >= 11 is 0. The number of hydrogen-bond donors (Lipinski definition) is 1.